The Morgan fingerprint density at radius 1 is 0.844 bits per heavy atom. The number of carbonyl (C=O) groups excluding carboxylic acids is 1. The van der Waals surface area contributed by atoms with Crippen LogP contribution in [0.2, 0.25) is 10.0 Å². The van der Waals surface area contributed by atoms with Gasteiger partial charge in [0, 0.05) is 21.7 Å². The number of alkyl halides is 8. The first-order valence-corrected chi connectivity index (χ1v) is 10.1. The van der Waals surface area contributed by atoms with Crippen LogP contribution in [0.15, 0.2) is 42.5 Å². The first-order chi connectivity index (χ1) is 14.3. The van der Waals surface area contributed by atoms with E-state index >= 15 is 0 Å². The van der Waals surface area contributed by atoms with Crippen molar-refractivity contribution in [1.29, 1.82) is 0 Å². The third-order valence-corrected chi connectivity index (χ3v) is 5.61. The highest BCUT2D eigenvalue weighted by Gasteiger charge is 2.84. The minimum Gasteiger partial charge on any atom is -0.289 e. The van der Waals surface area contributed by atoms with Gasteiger partial charge in [0.2, 0.25) is 0 Å². The van der Waals surface area contributed by atoms with Crippen molar-refractivity contribution in [3.05, 3.63) is 69.2 Å². The lowest BCUT2D eigenvalue weighted by molar-refractivity contribution is -0.353. The molecular weight excluding hydrogens is 523 g/mol. The molecule has 0 fully saturated rings. The van der Waals surface area contributed by atoms with Crippen LogP contribution in [0.4, 0.5) is 35.1 Å². The SMILES string of the molecule is O=C(c1cccc(C(F)(F)C(F)(F)C(F)(F)C(F)(F)S(=O)(=O)O)c1)c1cc(Cl)ccc1Cl. The lowest BCUT2D eigenvalue weighted by atomic mass is 9.94. The summed E-state index contributed by atoms with van der Waals surface area (Å²) < 4.78 is 140. The third-order valence-electron chi connectivity index (χ3n) is 4.14. The van der Waals surface area contributed by atoms with E-state index in [-0.39, 0.29) is 27.7 Å². The van der Waals surface area contributed by atoms with Crippen LogP contribution in [0.1, 0.15) is 21.5 Å². The standard InChI is InChI=1S/C17H8Cl2F8O4S/c18-10-4-5-12(19)11(7-10)13(28)8-2-1-3-9(6-8)14(20,21)15(22,23)16(24,25)17(26,27)32(29,30)31/h1-7H,(H,29,30,31). The Hall–Kier alpha value is -1.96. The van der Waals surface area contributed by atoms with Crippen molar-refractivity contribution in [3.8, 4) is 0 Å². The second-order valence-corrected chi connectivity index (χ2v) is 8.56. The summed E-state index contributed by atoms with van der Waals surface area (Å²) in [6.45, 7) is 0. The van der Waals surface area contributed by atoms with E-state index in [4.69, 9.17) is 27.8 Å². The predicted octanol–water partition coefficient (Wildman–Crippen LogP) is 6.07. The van der Waals surface area contributed by atoms with Crippen molar-refractivity contribution in [2.45, 2.75) is 23.0 Å². The third kappa shape index (κ3) is 4.06. The Kier molecular flexibility index (Phi) is 6.67. The number of benzene rings is 2. The van der Waals surface area contributed by atoms with E-state index in [0.717, 1.165) is 18.2 Å². The van der Waals surface area contributed by atoms with Crippen LogP contribution in [0.25, 0.3) is 0 Å². The van der Waals surface area contributed by atoms with E-state index in [1.165, 1.54) is 6.07 Å². The molecule has 0 bridgehead atoms. The molecule has 0 saturated carbocycles. The van der Waals surface area contributed by atoms with E-state index in [1.54, 1.807) is 0 Å². The Bertz CT molecular complexity index is 1170. The minimum absolute atomic E-state index is 0.00907. The molecule has 0 aliphatic carbocycles. The molecule has 176 valence electrons. The van der Waals surface area contributed by atoms with Gasteiger partial charge in [-0.15, -0.1) is 0 Å². The van der Waals surface area contributed by atoms with Gasteiger partial charge in [-0.25, -0.2) is 0 Å². The van der Waals surface area contributed by atoms with Crippen LogP contribution in [0, 0.1) is 0 Å². The Morgan fingerprint density at radius 2 is 1.41 bits per heavy atom. The topological polar surface area (TPSA) is 71.4 Å². The van der Waals surface area contributed by atoms with E-state index in [0.29, 0.717) is 6.07 Å². The molecule has 0 aliphatic heterocycles. The maximum absolute atomic E-state index is 14.3. The second-order valence-electron chi connectivity index (χ2n) is 6.25. The van der Waals surface area contributed by atoms with Crippen LogP contribution >= 0.6 is 23.2 Å². The smallest absolute Gasteiger partial charge is 0.289 e. The average Bonchev–Trinajstić information content (AvgIpc) is 2.68. The minimum atomic E-state index is -7.27. The molecule has 15 heteroatoms. The van der Waals surface area contributed by atoms with Crippen molar-refractivity contribution in [1.82, 2.24) is 0 Å². The van der Waals surface area contributed by atoms with Crippen molar-refractivity contribution >= 4 is 39.1 Å². The summed E-state index contributed by atoms with van der Waals surface area (Å²) in [5.74, 6) is -21.6. The Balaban J connectivity index is 2.60. The van der Waals surface area contributed by atoms with Gasteiger partial charge in [0.25, 0.3) is 0 Å². The Morgan fingerprint density at radius 3 is 1.94 bits per heavy atom. The normalized spacial score (nSPS) is 13.8. The lowest BCUT2D eigenvalue weighted by Crippen LogP contribution is -2.63. The molecule has 0 unspecified atom stereocenters. The molecule has 32 heavy (non-hydrogen) atoms. The van der Waals surface area contributed by atoms with Gasteiger partial charge in [0.05, 0.1) is 5.02 Å². The molecule has 2 aromatic rings. The molecule has 0 amide bonds. The van der Waals surface area contributed by atoms with Gasteiger partial charge in [-0.1, -0.05) is 41.4 Å². The molecule has 0 aliphatic rings. The summed E-state index contributed by atoms with van der Waals surface area (Å²) >= 11 is 11.5. The van der Waals surface area contributed by atoms with Crippen molar-refractivity contribution in [2.24, 2.45) is 0 Å². The number of ketones is 1. The molecule has 1 N–H and O–H groups in total. The van der Waals surface area contributed by atoms with Gasteiger partial charge in [-0.05, 0) is 24.3 Å². The van der Waals surface area contributed by atoms with E-state index in [1.807, 2.05) is 0 Å². The van der Waals surface area contributed by atoms with Crippen LogP contribution in [-0.4, -0.2) is 35.9 Å². The van der Waals surface area contributed by atoms with Gasteiger partial charge >= 0.3 is 33.1 Å². The van der Waals surface area contributed by atoms with E-state index in [2.05, 4.69) is 0 Å². The van der Waals surface area contributed by atoms with E-state index in [9.17, 15) is 48.3 Å². The van der Waals surface area contributed by atoms with Crippen molar-refractivity contribution in [3.63, 3.8) is 0 Å². The van der Waals surface area contributed by atoms with E-state index < -0.39 is 50.1 Å². The fourth-order valence-electron chi connectivity index (χ4n) is 2.41. The zero-order valence-electron chi connectivity index (χ0n) is 14.9. The highest BCUT2D eigenvalue weighted by Crippen LogP contribution is 2.57. The zero-order valence-corrected chi connectivity index (χ0v) is 17.2. The highest BCUT2D eigenvalue weighted by atomic mass is 35.5. The van der Waals surface area contributed by atoms with Crippen LogP contribution in [0.5, 0.6) is 0 Å². The molecule has 0 spiro atoms. The molecule has 0 heterocycles. The summed E-state index contributed by atoms with van der Waals surface area (Å²) in [5, 5.41) is -7.24. The number of carbonyl (C=O) groups is 1. The van der Waals surface area contributed by atoms with Crippen molar-refractivity contribution < 1.29 is 52.9 Å². The predicted molar refractivity (Wildman–Crippen MR) is 96.6 cm³/mol. The lowest BCUT2D eigenvalue weighted by Gasteiger charge is -2.35. The largest absolute Gasteiger partial charge is 0.438 e. The molecule has 2 rings (SSSR count). The van der Waals surface area contributed by atoms with Gasteiger partial charge in [-0.3, -0.25) is 9.35 Å². The average molecular weight is 531 g/mol. The molecule has 0 radical (unpaired) electrons. The molecular formula is C17H8Cl2F8O4S. The Labute approximate surface area is 184 Å². The van der Waals surface area contributed by atoms with Crippen molar-refractivity contribution in [2.75, 3.05) is 0 Å². The quantitative estimate of drug-likeness (QED) is 0.268. The monoisotopic (exact) mass is 530 g/mol. The van der Waals surface area contributed by atoms with Gasteiger partial charge in [0.1, 0.15) is 0 Å². The fraction of sp³-hybridized carbons (Fsp3) is 0.235. The maximum atomic E-state index is 14.3. The summed E-state index contributed by atoms with van der Waals surface area (Å²) in [7, 11) is -7.23. The summed E-state index contributed by atoms with van der Waals surface area (Å²) in [6, 6.07) is 4.88. The summed E-state index contributed by atoms with van der Waals surface area (Å²) in [5.41, 5.74) is -3.20. The maximum Gasteiger partial charge on any atom is 0.438 e. The highest BCUT2D eigenvalue weighted by molar-refractivity contribution is 7.87. The molecule has 0 aromatic heterocycles. The molecule has 0 atom stereocenters. The van der Waals surface area contributed by atoms with Crippen LogP contribution in [0.3, 0.4) is 0 Å². The van der Waals surface area contributed by atoms with Gasteiger partial charge in [0.15, 0.2) is 5.78 Å². The first-order valence-electron chi connectivity index (χ1n) is 7.87. The zero-order chi connectivity index (χ0) is 24.9. The molecule has 2 aromatic carbocycles. The second kappa shape index (κ2) is 8.12. The summed E-state index contributed by atoms with van der Waals surface area (Å²) in [6.07, 6.45) is 0. The number of hydrogen-bond acceptors (Lipinski definition) is 3. The van der Waals surface area contributed by atoms with Crippen LogP contribution in [-0.2, 0) is 16.0 Å². The summed E-state index contributed by atoms with van der Waals surface area (Å²) in [4.78, 5) is 12.5. The number of halogens is 10. The number of hydrogen-bond donors (Lipinski definition) is 1. The first kappa shape index (κ1) is 26.3. The van der Waals surface area contributed by atoms with Gasteiger partial charge < -0.3 is 0 Å². The van der Waals surface area contributed by atoms with Crippen LogP contribution < -0.4 is 0 Å². The molecule has 0 saturated heterocycles. The number of rotatable bonds is 7. The van der Waals surface area contributed by atoms with Gasteiger partial charge in [-0.2, -0.15) is 43.5 Å². The molecule has 4 nitrogen and oxygen atoms in total. The fourth-order valence-corrected chi connectivity index (χ4v) is 3.23.